The van der Waals surface area contributed by atoms with Crippen LogP contribution in [0.5, 0.6) is 0 Å². The SMILES string of the molecule is CC[C@H](C)[C@H](N)C(=O)N[C@H](C(=O)N[C@@H](CCCN=C(N)N)C(=O)N[C@@H](CC(C)C)C(=O)O)[C@@H](C)O. The Morgan fingerprint density at radius 3 is 1.94 bits per heavy atom. The molecule has 0 aliphatic carbocycles. The van der Waals surface area contributed by atoms with Gasteiger partial charge in [-0.15, -0.1) is 0 Å². The Morgan fingerprint density at radius 2 is 1.49 bits per heavy atom. The van der Waals surface area contributed by atoms with Crippen LogP contribution in [0.15, 0.2) is 4.99 Å². The van der Waals surface area contributed by atoms with E-state index < -0.39 is 54.0 Å². The number of hydrogen-bond donors (Lipinski definition) is 8. The molecule has 0 bridgehead atoms. The number of aliphatic imine (C=N–C) groups is 1. The van der Waals surface area contributed by atoms with Crippen LogP contribution < -0.4 is 33.2 Å². The van der Waals surface area contributed by atoms with Gasteiger partial charge in [-0.2, -0.15) is 0 Å². The number of carbonyl (C=O) groups is 4. The topological polar surface area (TPSA) is 235 Å². The molecule has 0 rings (SSSR count). The van der Waals surface area contributed by atoms with Gasteiger partial charge in [0.25, 0.3) is 0 Å². The average molecular weight is 502 g/mol. The highest BCUT2D eigenvalue weighted by Crippen LogP contribution is 2.09. The summed E-state index contributed by atoms with van der Waals surface area (Å²) < 4.78 is 0. The second-order valence-electron chi connectivity index (χ2n) is 9.18. The number of guanidine groups is 1. The number of amides is 3. The van der Waals surface area contributed by atoms with Crippen molar-refractivity contribution >= 4 is 29.7 Å². The van der Waals surface area contributed by atoms with E-state index in [-0.39, 0.29) is 37.2 Å². The van der Waals surface area contributed by atoms with Crippen molar-refractivity contribution in [3.63, 3.8) is 0 Å². The highest BCUT2D eigenvalue weighted by molar-refractivity contribution is 5.94. The van der Waals surface area contributed by atoms with Crippen molar-refractivity contribution < 1.29 is 29.4 Å². The Kier molecular flexibility index (Phi) is 14.5. The fourth-order valence-electron chi connectivity index (χ4n) is 3.17. The van der Waals surface area contributed by atoms with Crippen LogP contribution in [0.4, 0.5) is 0 Å². The zero-order valence-electron chi connectivity index (χ0n) is 21.3. The van der Waals surface area contributed by atoms with E-state index in [2.05, 4.69) is 20.9 Å². The van der Waals surface area contributed by atoms with E-state index in [4.69, 9.17) is 17.2 Å². The second-order valence-corrected chi connectivity index (χ2v) is 9.18. The van der Waals surface area contributed by atoms with Crippen LogP contribution in [0.3, 0.4) is 0 Å². The summed E-state index contributed by atoms with van der Waals surface area (Å²) in [5.74, 6) is -3.65. The molecule has 202 valence electrons. The summed E-state index contributed by atoms with van der Waals surface area (Å²) in [6, 6.07) is -4.58. The first-order chi connectivity index (χ1) is 16.2. The molecule has 0 fully saturated rings. The number of nitrogens with two attached hydrogens (primary N) is 3. The number of aliphatic hydroxyl groups excluding tert-OH is 1. The molecule has 0 aromatic heterocycles. The molecule has 0 radical (unpaired) electrons. The molecule has 0 aliphatic rings. The lowest BCUT2D eigenvalue weighted by Crippen LogP contribution is -2.60. The van der Waals surface area contributed by atoms with Gasteiger partial charge in [0.2, 0.25) is 17.7 Å². The Bertz CT molecular complexity index is 740. The fourth-order valence-corrected chi connectivity index (χ4v) is 3.17. The molecule has 11 N–H and O–H groups in total. The summed E-state index contributed by atoms with van der Waals surface area (Å²) in [5, 5.41) is 26.9. The van der Waals surface area contributed by atoms with Crippen molar-refractivity contribution in [3.8, 4) is 0 Å². The molecular weight excluding hydrogens is 458 g/mol. The smallest absolute Gasteiger partial charge is 0.326 e. The number of hydrogen-bond acceptors (Lipinski definition) is 7. The molecule has 0 heterocycles. The van der Waals surface area contributed by atoms with Crippen molar-refractivity contribution in [3.05, 3.63) is 0 Å². The summed E-state index contributed by atoms with van der Waals surface area (Å²) in [6.07, 6.45) is -0.0893. The highest BCUT2D eigenvalue weighted by atomic mass is 16.4. The molecule has 0 spiro atoms. The van der Waals surface area contributed by atoms with E-state index in [1.807, 2.05) is 20.8 Å². The lowest BCUT2D eigenvalue weighted by atomic mass is 9.98. The molecule has 0 aromatic carbocycles. The molecule has 0 unspecified atom stereocenters. The lowest BCUT2D eigenvalue weighted by Gasteiger charge is -2.27. The van der Waals surface area contributed by atoms with Crippen molar-refractivity contribution in [2.24, 2.45) is 34.0 Å². The molecule has 13 nitrogen and oxygen atoms in total. The Hall–Kier alpha value is -2.93. The van der Waals surface area contributed by atoms with Gasteiger partial charge >= 0.3 is 5.97 Å². The minimum atomic E-state index is -1.38. The molecule has 35 heavy (non-hydrogen) atoms. The number of aliphatic carboxylic acids is 1. The summed E-state index contributed by atoms with van der Waals surface area (Å²) in [7, 11) is 0. The molecule has 0 aromatic rings. The average Bonchev–Trinajstić information content (AvgIpc) is 2.76. The number of carbonyl (C=O) groups excluding carboxylic acids is 3. The largest absolute Gasteiger partial charge is 0.480 e. The van der Waals surface area contributed by atoms with Gasteiger partial charge in [-0.05, 0) is 38.0 Å². The number of rotatable bonds is 16. The van der Waals surface area contributed by atoms with Gasteiger partial charge in [0.05, 0.1) is 12.1 Å². The fraction of sp³-hybridized carbons (Fsp3) is 0.773. The van der Waals surface area contributed by atoms with Gasteiger partial charge in [0.15, 0.2) is 5.96 Å². The first kappa shape index (κ1) is 32.1. The highest BCUT2D eigenvalue weighted by Gasteiger charge is 2.33. The van der Waals surface area contributed by atoms with Crippen LogP contribution in [0, 0.1) is 11.8 Å². The van der Waals surface area contributed by atoms with Gasteiger partial charge in [0, 0.05) is 6.54 Å². The number of carboxylic acids is 1. The van der Waals surface area contributed by atoms with E-state index in [1.54, 1.807) is 6.92 Å². The molecule has 0 aliphatic heterocycles. The Morgan fingerprint density at radius 1 is 0.914 bits per heavy atom. The van der Waals surface area contributed by atoms with Crippen molar-refractivity contribution in [1.82, 2.24) is 16.0 Å². The Balaban J connectivity index is 5.60. The standard InChI is InChI=1S/C22H43N7O6/c1-6-12(4)16(23)19(32)29-17(13(5)30)20(33)27-14(8-7-9-26-22(24)25)18(31)28-15(21(34)35)10-11(2)3/h11-17,30H,6-10,23H2,1-5H3,(H,27,33)(H,28,31)(H,29,32)(H,34,35)(H4,24,25,26)/t12-,13+,14-,15-,16-,17-/m0/s1. The van der Waals surface area contributed by atoms with Gasteiger partial charge in [-0.25, -0.2) is 4.79 Å². The third-order valence-electron chi connectivity index (χ3n) is 5.52. The maximum Gasteiger partial charge on any atom is 0.326 e. The quantitative estimate of drug-likeness (QED) is 0.0688. The van der Waals surface area contributed by atoms with Crippen LogP contribution in [0.2, 0.25) is 0 Å². The van der Waals surface area contributed by atoms with Gasteiger partial charge < -0.3 is 43.4 Å². The molecule has 0 saturated heterocycles. The minimum absolute atomic E-state index is 0.00383. The van der Waals surface area contributed by atoms with E-state index in [9.17, 15) is 29.4 Å². The number of aliphatic hydroxyl groups is 1. The molecule has 3 amide bonds. The number of nitrogens with one attached hydrogen (secondary N) is 3. The van der Waals surface area contributed by atoms with Crippen LogP contribution in [-0.2, 0) is 19.2 Å². The molecular formula is C22H43N7O6. The van der Waals surface area contributed by atoms with Gasteiger partial charge in [-0.1, -0.05) is 34.1 Å². The normalized spacial score (nSPS) is 16.2. The van der Waals surface area contributed by atoms with E-state index in [0.29, 0.717) is 12.8 Å². The first-order valence-corrected chi connectivity index (χ1v) is 11.8. The second kappa shape index (κ2) is 15.9. The van der Waals surface area contributed by atoms with Crippen LogP contribution in [-0.4, -0.2) is 76.7 Å². The maximum atomic E-state index is 12.9. The van der Waals surface area contributed by atoms with Crippen molar-refractivity contribution in [1.29, 1.82) is 0 Å². The zero-order chi connectivity index (χ0) is 27.3. The predicted octanol–water partition coefficient (Wildman–Crippen LogP) is -1.62. The van der Waals surface area contributed by atoms with Gasteiger partial charge in [-0.3, -0.25) is 19.4 Å². The minimum Gasteiger partial charge on any atom is -0.480 e. The zero-order valence-corrected chi connectivity index (χ0v) is 21.3. The van der Waals surface area contributed by atoms with E-state index in [0.717, 1.165) is 0 Å². The van der Waals surface area contributed by atoms with Gasteiger partial charge in [0.1, 0.15) is 18.1 Å². The van der Waals surface area contributed by atoms with Crippen LogP contribution in [0.25, 0.3) is 0 Å². The number of nitrogens with zero attached hydrogens (tertiary/aromatic N) is 1. The summed E-state index contributed by atoms with van der Waals surface area (Å²) >= 11 is 0. The van der Waals surface area contributed by atoms with E-state index in [1.165, 1.54) is 6.92 Å². The van der Waals surface area contributed by atoms with Crippen molar-refractivity contribution in [2.45, 2.75) is 90.6 Å². The summed E-state index contributed by atoms with van der Waals surface area (Å²) in [4.78, 5) is 53.7. The van der Waals surface area contributed by atoms with E-state index >= 15 is 0 Å². The third-order valence-corrected chi connectivity index (χ3v) is 5.52. The Labute approximate surface area is 206 Å². The van der Waals surface area contributed by atoms with Crippen LogP contribution >= 0.6 is 0 Å². The predicted molar refractivity (Wildman–Crippen MR) is 132 cm³/mol. The first-order valence-electron chi connectivity index (χ1n) is 11.8. The maximum absolute atomic E-state index is 12.9. The summed E-state index contributed by atoms with van der Waals surface area (Å²) in [6.45, 7) is 8.78. The monoisotopic (exact) mass is 501 g/mol. The molecule has 6 atom stereocenters. The molecule has 0 saturated carbocycles. The molecule has 13 heteroatoms. The lowest BCUT2D eigenvalue weighted by molar-refractivity contribution is -0.143. The summed E-state index contributed by atoms with van der Waals surface area (Å²) in [5.41, 5.74) is 16.5. The van der Waals surface area contributed by atoms with Crippen LogP contribution in [0.1, 0.15) is 60.3 Å². The van der Waals surface area contributed by atoms with Crippen molar-refractivity contribution in [2.75, 3.05) is 6.54 Å². The number of carboxylic acid groups (broad SMARTS) is 1. The third kappa shape index (κ3) is 12.4.